The van der Waals surface area contributed by atoms with E-state index in [1.165, 1.54) is 5.56 Å². The van der Waals surface area contributed by atoms with Crippen molar-refractivity contribution in [2.45, 2.75) is 24.9 Å². The lowest BCUT2D eigenvalue weighted by molar-refractivity contribution is -0.327. The minimum Gasteiger partial charge on any atom is -0.491 e. The van der Waals surface area contributed by atoms with Gasteiger partial charge in [-0.1, -0.05) is 12.1 Å². The Morgan fingerprint density at radius 3 is 2.33 bits per heavy atom. The zero-order chi connectivity index (χ0) is 23.9. The third-order valence-corrected chi connectivity index (χ3v) is 5.11. The fourth-order valence-corrected chi connectivity index (χ4v) is 3.49. The monoisotopic (exact) mass is 480 g/mol. The van der Waals surface area contributed by atoms with E-state index in [0.717, 1.165) is 31.8 Å². The predicted octanol–water partition coefficient (Wildman–Crippen LogP) is 1.98. The Balaban J connectivity index is 1.54. The maximum atomic E-state index is 11.8. The van der Waals surface area contributed by atoms with E-state index in [-0.39, 0.29) is 38.6 Å². The number of aliphatic hydroxyl groups is 1. The molecule has 0 spiro atoms. The van der Waals surface area contributed by atoms with Crippen LogP contribution in [0.5, 0.6) is 5.75 Å². The van der Waals surface area contributed by atoms with Crippen molar-refractivity contribution in [1.82, 2.24) is 10.2 Å². The van der Waals surface area contributed by atoms with Crippen LogP contribution in [0.4, 0.5) is 13.2 Å². The molecule has 0 aliphatic carbocycles. The second kappa shape index (κ2) is 15.4. The summed E-state index contributed by atoms with van der Waals surface area (Å²) in [5.74, 6) is 0.738. The Hall–Kier alpha value is -1.47. The SMILES string of the molecule is CNC(CN1CC[C@H](OCCOCCOCCOC(F)(F)F)C1)c1ccc(OCCO)cc1. The summed E-state index contributed by atoms with van der Waals surface area (Å²) < 4.78 is 60.7. The second-order valence-corrected chi connectivity index (χ2v) is 7.54. The lowest BCUT2D eigenvalue weighted by atomic mass is 10.1. The number of alkyl halides is 3. The van der Waals surface area contributed by atoms with Crippen LogP contribution in [0.25, 0.3) is 0 Å². The predicted molar refractivity (Wildman–Crippen MR) is 115 cm³/mol. The van der Waals surface area contributed by atoms with Crippen LogP contribution in [0.15, 0.2) is 24.3 Å². The molecule has 1 unspecified atom stereocenters. The van der Waals surface area contributed by atoms with Crippen molar-refractivity contribution in [1.29, 1.82) is 0 Å². The number of rotatable bonds is 17. The van der Waals surface area contributed by atoms with E-state index in [2.05, 4.69) is 15.0 Å². The van der Waals surface area contributed by atoms with E-state index in [1.807, 2.05) is 31.3 Å². The van der Waals surface area contributed by atoms with Gasteiger partial charge in [-0.15, -0.1) is 13.2 Å². The van der Waals surface area contributed by atoms with Crippen molar-refractivity contribution in [2.75, 3.05) is 79.5 Å². The summed E-state index contributed by atoms with van der Waals surface area (Å²) in [5.41, 5.74) is 1.17. The first kappa shape index (κ1) is 27.8. The molecule has 1 saturated heterocycles. The Labute approximate surface area is 192 Å². The Bertz CT molecular complexity index is 636. The normalized spacial score (nSPS) is 18.0. The number of nitrogens with one attached hydrogen (secondary N) is 1. The molecule has 1 aromatic rings. The highest BCUT2D eigenvalue weighted by molar-refractivity contribution is 5.29. The van der Waals surface area contributed by atoms with E-state index >= 15 is 0 Å². The van der Waals surface area contributed by atoms with Gasteiger partial charge in [0.05, 0.1) is 52.4 Å². The zero-order valence-electron chi connectivity index (χ0n) is 19.0. The highest BCUT2D eigenvalue weighted by Crippen LogP contribution is 2.21. The van der Waals surface area contributed by atoms with Crippen LogP contribution < -0.4 is 10.1 Å². The lowest BCUT2D eigenvalue weighted by Gasteiger charge is -2.24. The average Bonchev–Trinajstić information content (AvgIpc) is 3.24. The number of halogens is 3. The molecule has 8 nitrogen and oxygen atoms in total. The molecule has 1 aliphatic rings. The Kier molecular flexibility index (Phi) is 13.0. The number of hydrogen-bond acceptors (Lipinski definition) is 8. The molecule has 1 fully saturated rings. The van der Waals surface area contributed by atoms with Gasteiger partial charge in [0, 0.05) is 25.7 Å². The molecule has 0 saturated carbocycles. The molecule has 1 aliphatic heterocycles. The van der Waals surface area contributed by atoms with Crippen LogP contribution in [-0.4, -0.2) is 102 Å². The van der Waals surface area contributed by atoms with E-state index in [0.29, 0.717) is 19.8 Å². The first-order valence-electron chi connectivity index (χ1n) is 11.1. The summed E-state index contributed by atoms with van der Waals surface area (Å²) in [6.07, 6.45) is -3.52. The molecule has 0 bridgehead atoms. The smallest absolute Gasteiger partial charge is 0.491 e. The molecule has 2 rings (SSSR count). The number of nitrogens with zero attached hydrogens (tertiary/aromatic N) is 1. The number of benzene rings is 1. The van der Waals surface area contributed by atoms with Gasteiger partial charge in [-0.2, -0.15) is 0 Å². The van der Waals surface area contributed by atoms with Crippen molar-refractivity contribution < 1.29 is 42.0 Å². The molecule has 2 atom stereocenters. The summed E-state index contributed by atoms with van der Waals surface area (Å²) in [4.78, 5) is 2.36. The molecule has 190 valence electrons. The van der Waals surface area contributed by atoms with E-state index in [4.69, 9.17) is 24.1 Å². The Morgan fingerprint density at radius 1 is 1.03 bits per heavy atom. The van der Waals surface area contributed by atoms with Crippen molar-refractivity contribution >= 4 is 0 Å². The number of hydrogen-bond donors (Lipinski definition) is 2. The summed E-state index contributed by atoms with van der Waals surface area (Å²) in [6.45, 7) is 3.64. The van der Waals surface area contributed by atoms with Crippen molar-refractivity contribution in [2.24, 2.45) is 0 Å². The minimum atomic E-state index is -4.62. The van der Waals surface area contributed by atoms with E-state index < -0.39 is 13.0 Å². The standard InChI is InChI=1S/C22H35F3N2O6/c1-26-21(18-2-4-19(5-3-18)31-9-8-28)17-27-7-6-20(16-27)32-14-12-29-10-11-30-13-15-33-22(23,24)25/h2-5,20-21,26,28H,6-17H2,1H3/t20-,21?/m0/s1. The maximum absolute atomic E-state index is 11.8. The van der Waals surface area contributed by atoms with Gasteiger partial charge in [0.2, 0.25) is 0 Å². The van der Waals surface area contributed by atoms with E-state index in [1.54, 1.807) is 0 Å². The molecule has 0 aromatic heterocycles. The van der Waals surface area contributed by atoms with Crippen molar-refractivity contribution in [3.63, 3.8) is 0 Å². The highest BCUT2D eigenvalue weighted by Gasteiger charge is 2.28. The molecule has 0 amide bonds. The molecule has 2 N–H and O–H groups in total. The van der Waals surface area contributed by atoms with Crippen LogP contribution in [0.1, 0.15) is 18.0 Å². The fourth-order valence-electron chi connectivity index (χ4n) is 3.49. The minimum absolute atomic E-state index is 0.0101. The summed E-state index contributed by atoms with van der Waals surface area (Å²) >= 11 is 0. The average molecular weight is 481 g/mol. The molecule has 1 heterocycles. The first-order valence-corrected chi connectivity index (χ1v) is 11.1. The summed E-state index contributed by atoms with van der Waals surface area (Å²) in [6, 6.07) is 8.06. The van der Waals surface area contributed by atoms with Crippen molar-refractivity contribution in [3.8, 4) is 5.75 Å². The van der Waals surface area contributed by atoms with Crippen LogP contribution in [0.2, 0.25) is 0 Å². The molecule has 33 heavy (non-hydrogen) atoms. The number of likely N-dealkylation sites (tertiary alicyclic amines) is 1. The quantitative estimate of drug-likeness (QED) is 0.328. The fraction of sp³-hybridized carbons (Fsp3) is 0.727. The third-order valence-electron chi connectivity index (χ3n) is 5.11. The van der Waals surface area contributed by atoms with Gasteiger partial charge >= 0.3 is 6.36 Å². The van der Waals surface area contributed by atoms with Gasteiger partial charge in [0.25, 0.3) is 0 Å². The Morgan fingerprint density at radius 2 is 1.70 bits per heavy atom. The van der Waals surface area contributed by atoms with Crippen LogP contribution in [0.3, 0.4) is 0 Å². The zero-order valence-corrected chi connectivity index (χ0v) is 19.0. The number of ether oxygens (including phenoxy) is 5. The van der Waals surface area contributed by atoms with Gasteiger partial charge in [0.15, 0.2) is 0 Å². The number of aliphatic hydroxyl groups excluding tert-OH is 1. The number of likely N-dealkylation sites (N-methyl/N-ethyl adjacent to an activating group) is 1. The largest absolute Gasteiger partial charge is 0.522 e. The molecular weight excluding hydrogens is 445 g/mol. The molecule has 11 heteroatoms. The van der Waals surface area contributed by atoms with Gasteiger partial charge in [-0.05, 0) is 31.2 Å². The van der Waals surface area contributed by atoms with Gasteiger partial charge in [0.1, 0.15) is 12.4 Å². The van der Waals surface area contributed by atoms with Gasteiger partial charge in [-0.25, -0.2) is 0 Å². The van der Waals surface area contributed by atoms with E-state index in [9.17, 15) is 13.2 Å². The third kappa shape index (κ3) is 12.0. The molecular formula is C22H35F3N2O6. The van der Waals surface area contributed by atoms with Gasteiger partial charge < -0.3 is 29.4 Å². The van der Waals surface area contributed by atoms with Gasteiger partial charge in [-0.3, -0.25) is 9.64 Å². The topological polar surface area (TPSA) is 81.7 Å². The van der Waals surface area contributed by atoms with Crippen molar-refractivity contribution in [3.05, 3.63) is 29.8 Å². The molecule has 1 aromatic carbocycles. The summed E-state index contributed by atoms with van der Waals surface area (Å²) in [7, 11) is 1.94. The summed E-state index contributed by atoms with van der Waals surface area (Å²) in [5, 5.41) is 12.2. The maximum Gasteiger partial charge on any atom is 0.522 e. The van der Waals surface area contributed by atoms with Crippen LogP contribution in [0, 0.1) is 0 Å². The highest BCUT2D eigenvalue weighted by atomic mass is 19.4. The first-order chi connectivity index (χ1) is 15.9. The van der Waals surface area contributed by atoms with Crippen LogP contribution >= 0.6 is 0 Å². The molecule has 0 radical (unpaired) electrons. The van der Waals surface area contributed by atoms with Crippen LogP contribution in [-0.2, 0) is 18.9 Å². The lowest BCUT2D eigenvalue weighted by Crippen LogP contribution is -2.33. The second-order valence-electron chi connectivity index (χ2n) is 7.54.